The first-order valence-electron chi connectivity index (χ1n) is 6.10. The van der Waals surface area contributed by atoms with E-state index in [1.807, 2.05) is 6.92 Å². The van der Waals surface area contributed by atoms with Crippen LogP contribution in [0.2, 0.25) is 0 Å². The Hall–Kier alpha value is -0.370. The van der Waals surface area contributed by atoms with Gasteiger partial charge in [0.05, 0.1) is 10.7 Å². The topological polar surface area (TPSA) is 63.3 Å². The molecule has 1 heterocycles. The lowest BCUT2D eigenvalue weighted by atomic mass is 10.3. The van der Waals surface area contributed by atoms with Crippen molar-refractivity contribution in [2.75, 3.05) is 13.1 Å². The first kappa shape index (κ1) is 17.6. The molecule has 0 radical (unpaired) electrons. The van der Waals surface area contributed by atoms with Gasteiger partial charge in [-0.3, -0.25) is 4.99 Å². The van der Waals surface area contributed by atoms with E-state index in [0.29, 0.717) is 5.96 Å². The molecular formula is C12H23IN4S. The number of aliphatic imine (C=N–C) groups is 1. The number of hydrogen-bond donors (Lipinski definition) is 2. The van der Waals surface area contributed by atoms with Crippen LogP contribution in [0.1, 0.15) is 35.3 Å². The Bertz CT molecular complexity index is 376. The molecule has 3 N–H and O–H groups in total. The Morgan fingerprint density at radius 1 is 1.44 bits per heavy atom. The van der Waals surface area contributed by atoms with Crippen LogP contribution in [-0.4, -0.2) is 24.0 Å². The van der Waals surface area contributed by atoms with E-state index in [1.54, 1.807) is 11.3 Å². The highest BCUT2D eigenvalue weighted by atomic mass is 127. The van der Waals surface area contributed by atoms with E-state index in [9.17, 15) is 0 Å². The molecule has 0 atom stereocenters. The molecule has 0 bridgehead atoms. The highest BCUT2D eigenvalue weighted by Crippen LogP contribution is 2.16. The first-order valence-corrected chi connectivity index (χ1v) is 6.91. The van der Waals surface area contributed by atoms with Crippen LogP contribution in [0.4, 0.5) is 0 Å². The highest BCUT2D eigenvalue weighted by Gasteiger charge is 2.03. The summed E-state index contributed by atoms with van der Waals surface area (Å²) in [6.07, 6.45) is 3.20. The van der Waals surface area contributed by atoms with Gasteiger partial charge in [-0.1, -0.05) is 13.3 Å². The summed E-state index contributed by atoms with van der Waals surface area (Å²) in [6.45, 7) is 7.87. The molecule has 0 aliphatic heterocycles. The van der Waals surface area contributed by atoms with E-state index in [0.717, 1.165) is 43.1 Å². The molecule has 0 spiro atoms. The molecule has 4 nitrogen and oxygen atoms in total. The van der Waals surface area contributed by atoms with Gasteiger partial charge in [-0.15, -0.1) is 35.3 Å². The minimum atomic E-state index is 0. The highest BCUT2D eigenvalue weighted by molar-refractivity contribution is 14.0. The van der Waals surface area contributed by atoms with Crippen LogP contribution < -0.4 is 11.1 Å². The molecule has 0 aromatic carbocycles. The van der Waals surface area contributed by atoms with Crippen molar-refractivity contribution in [3.05, 3.63) is 15.6 Å². The third-order valence-corrected chi connectivity index (χ3v) is 3.58. The number of hydrogen-bond acceptors (Lipinski definition) is 3. The summed E-state index contributed by atoms with van der Waals surface area (Å²) in [4.78, 5) is 9.97. The van der Waals surface area contributed by atoms with Crippen LogP contribution >= 0.6 is 35.3 Å². The number of nitrogens with one attached hydrogen (secondary N) is 1. The summed E-state index contributed by atoms with van der Waals surface area (Å²) in [7, 11) is 0. The first-order chi connectivity index (χ1) is 8.13. The number of rotatable bonds is 6. The van der Waals surface area contributed by atoms with Crippen LogP contribution in [0.3, 0.4) is 0 Å². The van der Waals surface area contributed by atoms with Gasteiger partial charge in [0.1, 0.15) is 0 Å². The predicted molar refractivity (Wildman–Crippen MR) is 90.1 cm³/mol. The number of thiazole rings is 1. The fraction of sp³-hybridized carbons (Fsp3) is 0.667. The van der Waals surface area contributed by atoms with Gasteiger partial charge in [-0.2, -0.15) is 0 Å². The molecule has 1 rings (SSSR count). The van der Waals surface area contributed by atoms with Crippen molar-refractivity contribution in [2.45, 2.75) is 40.0 Å². The van der Waals surface area contributed by atoms with Crippen molar-refractivity contribution in [1.29, 1.82) is 0 Å². The molecule has 6 heteroatoms. The van der Waals surface area contributed by atoms with Gasteiger partial charge < -0.3 is 11.1 Å². The number of aryl methyl sites for hydroxylation is 2. The van der Waals surface area contributed by atoms with Gasteiger partial charge in [-0.25, -0.2) is 4.98 Å². The zero-order valence-corrected chi connectivity index (χ0v) is 14.5. The van der Waals surface area contributed by atoms with Crippen LogP contribution in [0, 0.1) is 13.8 Å². The van der Waals surface area contributed by atoms with Crippen molar-refractivity contribution >= 4 is 41.3 Å². The number of guanidine groups is 1. The van der Waals surface area contributed by atoms with Gasteiger partial charge in [0, 0.05) is 24.4 Å². The Labute approximate surface area is 131 Å². The third kappa shape index (κ3) is 6.53. The third-order valence-electron chi connectivity index (χ3n) is 2.45. The Morgan fingerprint density at radius 2 is 2.17 bits per heavy atom. The summed E-state index contributed by atoms with van der Waals surface area (Å²) in [6, 6.07) is 0. The van der Waals surface area contributed by atoms with Gasteiger partial charge >= 0.3 is 0 Å². The lowest BCUT2D eigenvalue weighted by molar-refractivity contribution is 0.791. The summed E-state index contributed by atoms with van der Waals surface area (Å²) in [5.41, 5.74) is 6.88. The van der Waals surface area contributed by atoms with Gasteiger partial charge in [-0.05, 0) is 20.3 Å². The van der Waals surface area contributed by atoms with E-state index < -0.39 is 0 Å². The van der Waals surface area contributed by atoms with Gasteiger partial charge in [0.2, 0.25) is 0 Å². The average molecular weight is 382 g/mol. The molecule has 0 aliphatic rings. The summed E-state index contributed by atoms with van der Waals surface area (Å²) >= 11 is 1.76. The maximum absolute atomic E-state index is 5.75. The normalized spacial score (nSPS) is 11.2. The minimum absolute atomic E-state index is 0. The maximum Gasteiger partial charge on any atom is 0.188 e. The second-order valence-corrected chi connectivity index (χ2v) is 5.33. The lowest BCUT2D eigenvalue weighted by Crippen LogP contribution is -2.33. The zero-order valence-electron chi connectivity index (χ0n) is 11.3. The Morgan fingerprint density at radius 3 is 2.72 bits per heavy atom. The molecule has 0 amide bonds. The molecule has 0 aliphatic carbocycles. The van der Waals surface area contributed by atoms with Crippen LogP contribution in [0.5, 0.6) is 0 Å². The standard InChI is InChI=1S/C12H22N4S.HI/c1-4-5-7-14-12(13)15-8-6-11-9(2)16-10(3)17-11;/h4-8H2,1-3H3,(H3,13,14,15);1H. The molecule has 104 valence electrons. The lowest BCUT2D eigenvalue weighted by Gasteiger charge is -2.04. The summed E-state index contributed by atoms with van der Waals surface area (Å²) in [5.74, 6) is 0.553. The van der Waals surface area contributed by atoms with Crippen molar-refractivity contribution in [1.82, 2.24) is 10.3 Å². The van der Waals surface area contributed by atoms with Crippen molar-refractivity contribution in [2.24, 2.45) is 10.7 Å². The van der Waals surface area contributed by atoms with E-state index in [2.05, 4.69) is 29.1 Å². The smallest absolute Gasteiger partial charge is 0.188 e. The molecule has 18 heavy (non-hydrogen) atoms. The van der Waals surface area contributed by atoms with Crippen LogP contribution in [-0.2, 0) is 6.42 Å². The number of halogens is 1. The van der Waals surface area contributed by atoms with E-state index in [-0.39, 0.29) is 24.0 Å². The van der Waals surface area contributed by atoms with E-state index in [1.165, 1.54) is 4.88 Å². The Kier molecular flexibility index (Phi) is 9.35. The number of nitrogens with zero attached hydrogens (tertiary/aromatic N) is 2. The number of aromatic nitrogens is 1. The molecular weight excluding hydrogens is 359 g/mol. The molecule has 1 aromatic rings. The fourth-order valence-corrected chi connectivity index (χ4v) is 2.46. The molecule has 0 saturated carbocycles. The van der Waals surface area contributed by atoms with E-state index >= 15 is 0 Å². The average Bonchev–Trinajstić information content (AvgIpc) is 2.58. The van der Waals surface area contributed by atoms with Crippen molar-refractivity contribution in [3.63, 3.8) is 0 Å². The molecule has 0 fully saturated rings. The zero-order chi connectivity index (χ0) is 12.7. The fourth-order valence-electron chi connectivity index (χ4n) is 1.52. The minimum Gasteiger partial charge on any atom is -0.370 e. The van der Waals surface area contributed by atoms with Gasteiger partial charge in [0.15, 0.2) is 5.96 Å². The monoisotopic (exact) mass is 382 g/mol. The largest absolute Gasteiger partial charge is 0.370 e. The van der Waals surface area contributed by atoms with Crippen LogP contribution in [0.15, 0.2) is 4.99 Å². The predicted octanol–water partition coefficient (Wildman–Crippen LogP) is 2.62. The maximum atomic E-state index is 5.75. The second kappa shape index (κ2) is 9.55. The number of nitrogens with two attached hydrogens (primary N) is 1. The molecule has 1 aromatic heterocycles. The van der Waals surface area contributed by atoms with Crippen molar-refractivity contribution < 1.29 is 0 Å². The molecule has 0 unspecified atom stereocenters. The van der Waals surface area contributed by atoms with Crippen LogP contribution in [0.25, 0.3) is 0 Å². The Balaban J connectivity index is 0.00000289. The second-order valence-electron chi connectivity index (χ2n) is 4.04. The van der Waals surface area contributed by atoms with Gasteiger partial charge in [0.25, 0.3) is 0 Å². The van der Waals surface area contributed by atoms with E-state index in [4.69, 9.17) is 5.73 Å². The molecule has 0 saturated heterocycles. The quantitative estimate of drug-likeness (QED) is 0.344. The number of unbranched alkanes of at least 4 members (excludes halogenated alkanes) is 1. The summed E-state index contributed by atoms with van der Waals surface area (Å²) < 4.78 is 0. The summed E-state index contributed by atoms with van der Waals surface area (Å²) in [5, 5.41) is 4.26. The van der Waals surface area contributed by atoms with Crippen molar-refractivity contribution in [3.8, 4) is 0 Å². The SMILES string of the molecule is CCCCN=C(N)NCCc1sc(C)nc1C.I.